The van der Waals surface area contributed by atoms with Gasteiger partial charge in [-0.25, -0.2) is 9.59 Å². The number of rotatable bonds is 10. The summed E-state index contributed by atoms with van der Waals surface area (Å²) in [5, 5.41) is 40.8. The van der Waals surface area contributed by atoms with Crippen LogP contribution < -0.4 is 16.9 Å². The summed E-state index contributed by atoms with van der Waals surface area (Å²) >= 11 is 4.83. The number of nitrogens with zero attached hydrogens (tertiary/aromatic N) is 2. The van der Waals surface area contributed by atoms with Crippen molar-refractivity contribution in [1.29, 1.82) is 0 Å². The topological polar surface area (TPSA) is 254 Å². The average molecular weight is 612 g/mol. The van der Waals surface area contributed by atoms with Crippen molar-refractivity contribution in [1.82, 2.24) is 19.1 Å². The van der Waals surface area contributed by atoms with Crippen LogP contribution in [0.15, 0.2) is 38.9 Å². The fourth-order valence-electron chi connectivity index (χ4n) is 3.82. The van der Waals surface area contributed by atoms with Crippen LogP contribution in [0.1, 0.15) is 12.5 Å². The molecule has 2 fully saturated rings. The second kappa shape index (κ2) is 12.4. The molecule has 0 saturated carbocycles. The molecule has 39 heavy (non-hydrogen) atoms. The monoisotopic (exact) mass is 612 g/mol. The first-order valence-electron chi connectivity index (χ1n) is 11.0. The minimum atomic E-state index is -3.10. The average Bonchev–Trinajstić information content (AvgIpc) is 3.31. The molecule has 2 aliphatic rings. The second-order valence-corrected chi connectivity index (χ2v) is 10.8. The minimum absolute atomic E-state index is 0.142. The molecule has 2 aromatic rings. The SMILES string of the molecule is O=c1ccn([C@H]2O[C@@H](CO[P+](=O)O[P+](=O)OC[C@H]3O[C@@H](n4ccc(=S)[nH]c4=O)[C@H](O)[C@@H]3O)[C@H](O)[C@@H]2O)c(=O)[nH]1. The standard InChI is InChI=1S/C18H20N4O14P2S/c23-9-1-3-21(17(28)19-9)15-13(26)11(24)7(34-15)5-32-37(30)36-38(31)33-6-8-12(25)14(27)16(35-8)22-4-2-10(39)20-18(22)29/h1-4,7-8,11-16,24-27H,5-6H2/p+2/t7-,8+,11-,12+,13-,14+,15-,16+/m0/s1. The van der Waals surface area contributed by atoms with Gasteiger partial charge in [0, 0.05) is 27.6 Å². The first-order chi connectivity index (χ1) is 18.5. The van der Waals surface area contributed by atoms with Crippen LogP contribution in [-0.2, 0) is 32.0 Å². The van der Waals surface area contributed by atoms with Crippen molar-refractivity contribution in [3.8, 4) is 0 Å². The summed E-state index contributed by atoms with van der Waals surface area (Å²) in [5.41, 5.74) is -2.29. The molecule has 18 nitrogen and oxygen atoms in total. The first-order valence-corrected chi connectivity index (χ1v) is 13.6. The third-order valence-electron chi connectivity index (χ3n) is 5.75. The van der Waals surface area contributed by atoms with Gasteiger partial charge in [0.25, 0.3) is 5.56 Å². The molecule has 212 valence electrons. The van der Waals surface area contributed by atoms with Crippen molar-refractivity contribution in [3.63, 3.8) is 0 Å². The van der Waals surface area contributed by atoms with Gasteiger partial charge < -0.3 is 29.9 Å². The Morgan fingerprint density at radius 1 is 0.795 bits per heavy atom. The lowest BCUT2D eigenvalue weighted by Crippen LogP contribution is -2.37. The van der Waals surface area contributed by atoms with Gasteiger partial charge in [-0.05, 0) is 6.07 Å². The number of ether oxygens (including phenoxy) is 2. The van der Waals surface area contributed by atoms with E-state index in [0.29, 0.717) is 0 Å². The number of hydrogen-bond donors (Lipinski definition) is 6. The number of H-pyrrole nitrogens is 2. The normalized spacial score (nSPS) is 31.4. The maximum absolute atomic E-state index is 12.0. The van der Waals surface area contributed by atoms with E-state index < -0.39 is 95.7 Å². The Morgan fingerprint density at radius 2 is 1.26 bits per heavy atom. The molecule has 0 radical (unpaired) electrons. The lowest BCUT2D eigenvalue weighted by molar-refractivity contribution is -0.0529. The highest BCUT2D eigenvalue weighted by atomic mass is 32.1. The van der Waals surface area contributed by atoms with Gasteiger partial charge in [0.2, 0.25) is 0 Å². The third-order valence-corrected chi connectivity index (χ3v) is 7.77. The summed E-state index contributed by atoms with van der Waals surface area (Å²) < 4.78 is 51.1. The predicted octanol–water partition coefficient (Wildman–Crippen LogP) is -1.94. The number of aliphatic hydroxyl groups excluding tert-OH is 4. The number of hydrogen-bond acceptors (Lipinski definition) is 15. The number of nitrogens with one attached hydrogen (secondary N) is 2. The lowest BCUT2D eigenvalue weighted by Gasteiger charge is -2.16. The predicted molar refractivity (Wildman–Crippen MR) is 127 cm³/mol. The molecule has 0 aromatic carbocycles. The molecule has 6 N–H and O–H groups in total. The largest absolute Gasteiger partial charge is 0.747 e. The summed E-state index contributed by atoms with van der Waals surface area (Å²) in [6, 6.07) is 2.37. The van der Waals surface area contributed by atoms with Crippen molar-refractivity contribution in [3.05, 3.63) is 60.5 Å². The summed E-state index contributed by atoms with van der Waals surface area (Å²) in [7, 11) is -6.20. The van der Waals surface area contributed by atoms with Crippen LogP contribution in [0.4, 0.5) is 0 Å². The van der Waals surface area contributed by atoms with E-state index in [2.05, 4.69) is 9.29 Å². The molecule has 0 aliphatic carbocycles. The van der Waals surface area contributed by atoms with E-state index >= 15 is 0 Å². The van der Waals surface area contributed by atoms with Gasteiger partial charge in [-0.15, -0.1) is 9.05 Å². The van der Waals surface area contributed by atoms with Gasteiger partial charge in [0.15, 0.2) is 16.8 Å². The maximum atomic E-state index is 12.0. The van der Waals surface area contributed by atoms with Crippen LogP contribution in [0.2, 0.25) is 0 Å². The summed E-state index contributed by atoms with van der Waals surface area (Å²) in [6.07, 6.45) is -9.24. The Labute approximate surface area is 223 Å². The Kier molecular flexibility index (Phi) is 9.43. The van der Waals surface area contributed by atoms with Gasteiger partial charge in [0.05, 0.1) is 0 Å². The van der Waals surface area contributed by atoms with E-state index in [1.165, 1.54) is 12.3 Å². The van der Waals surface area contributed by atoms with E-state index in [1.54, 1.807) is 0 Å². The molecular weight excluding hydrogens is 590 g/mol. The van der Waals surface area contributed by atoms with Crippen LogP contribution in [-0.4, -0.2) is 89.4 Å². The summed E-state index contributed by atoms with van der Waals surface area (Å²) in [5.74, 6) is 0. The van der Waals surface area contributed by atoms with Crippen molar-refractivity contribution in [2.45, 2.75) is 49.1 Å². The maximum Gasteiger partial charge on any atom is 0.747 e. The first kappa shape index (κ1) is 29.6. The molecule has 2 saturated heterocycles. The Balaban J connectivity index is 1.25. The summed E-state index contributed by atoms with van der Waals surface area (Å²) in [6.45, 7) is -1.23. The van der Waals surface area contributed by atoms with Crippen molar-refractivity contribution >= 4 is 28.7 Å². The molecule has 10 atom stereocenters. The van der Waals surface area contributed by atoms with Crippen molar-refractivity contribution in [2.24, 2.45) is 0 Å². The molecule has 21 heteroatoms. The molecule has 2 unspecified atom stereocenters. The van der Waals surface area contributed by atoms with Gasteiger partial charge in [-0.1, -0.05) is 12.2 Å². The molecule has 0 amide bonds. The smallest absolute Gasteiger partial charge is 0.387 e. The van der Waals surface area contributed by atoms with E-state index in [4.69, 9.17) is 30.7 Å². The van der Waals surface area contributed by atoms with Crippen LogP contribution in [0.3, 0.4) is 0 Å². The Hall–Kier alpha value is -2.38. The van der Waals surface area contributed by atoms with Gasteiger partial charge >= 0.3 is 27.9 Å². The number of aromatic nitrogens is 4. The van der Waals surface area contributed by atoms with Crippen LogP contribution in [0.5, 0.6) is 0 Å². The van der Waals surface area contributed by atoms with Crippen LogP contribution in [0.25, 0.3) is 0 Å². The highest BCUT2D eigenvalue weighted by Gasteiger charge is 2.49. The highest BCUT2D eigenvalue weighted by molar-refractivity contribution is 7.71. The van der Waals surface area contributed by atoms with Gasteiger partial charge in [-0.3, -0.25) is 23.9 Å². The molecule has 0 spiro atoms. The fraction of sp³-hybridized carbons (Fsp3) is 0.556. The van der Waals surface area contributed by atoms with E-state index in [1.807, 2.05) is 4.98 Å². The van der Waals surface area contributed by atoms with Crippen molar-refractivity contribution in [2.75, 3.05) is 13.2 Å². The summed E-state index contributed by atoms with van der Waals surface area (Å²) in [4.78, 5) is 39.5. The molecule has 4 rings (SSSR count). The minimum Gasteiger partial charge on any atom is -0.387 e. The highest BCUT2D eigenvalue weighted by Crippen LogP contribution is 2.41. The zero-order valence-electron chi connectivity index (χ0n) is 19.4. The van der Waals surface area contributed by atoms with Crippen molar-refractivity contribution < 1.29 is 52.4 Å². The van der Waals surface area contributed by atoms with Gasteiger partial charge in [0.1, 0.15) is 54.5 Å². The molecular formula is C18H22N4O14P2S+2. The number of aliphatic hydroxyl groups is 4. The zero-order valence-corrected chi connectivity index (χ0v) is 22.0. The molecule has 4 heterocycles. The molecule has 0 bridgehead atoms. The fourth-order valence-corrected chi connectivity index (χ4v) is 5.32. The third kappa shape index (κ3) is 6.68. The second-order valence-electron chi connectivity index (χ2n) is 8.25. The Morgan fingerprint density at radius 3 is 1.72 bits per heavy atom. The van der Waals surface area contributed by atoms with E-state index in [0.717, 1.165) is 21.4 Å². The van der Waals surface area contributed by atoms with Gasteiger partial charge in [-0.2, -0.15) is 0 Å². The zero-order chi connectivity index (χ0) is 28.4. The molecule has 2 aromatic heterocycles. The Bertz CT molecular complexity index is 1350. The quantitative estimate of drug-likeness (QED) is 0.126. The molecule has 2 aliphatic heterocycles. The number of aromatic amines is 2. The lowest BCUT2D eigenvalue weighted by atomic mass is 10.1. The van der Waals surface area contributed by atoms with Crippen LogP contribution in [0, 0.1) is 4.64 Å². The van der Waals surface area contributed by atoms with E-state index in [9.17, 15) is 43.9 Å². The van der Waals surface area contributed by atoms with Crippen LogP contribution >= 0.6 is 28.7 Å². The van der Waals surface area contributed by atoms with E-state index in [-0.39, 0.29) is 4.64 Å².